The van der Waals surface area contributed by atoms with Crippen LogP contribution in [-0.4, -0.2) is 34.5 Å². The van der Waals surface area contributed by atoms with Crippen molar-refractivity contribution in [1.82, 2.24) is 5.32 Å². The third-order valence-electron chi connectivity index (χ3n) is 4.05. The Labute approximate surface area is 168 Å². The van der Waals surface area contributed by atoms with Gasteiger partial charge in [0.2, 0.25) is 5.75 Å². The molecule has 11 heteroatoms. The number of ether oxygens (including phenoxy) is 1. The fourth-order valence-corrected chi connectivity index (χ4v) is 2.78. The van der Waals surface area contributed by atoms with E-state index in [4.69, 9.17) is 4.74 Å². The first-order valence-corrected chi connectivity index (χ1v) is 8.54. The van der Waals surface area contributed by atoms with Gasteiger partial charge in [-0.2, -0.15) is 0 Å². The zero-order chi connectivity index (χ0) is 22.0. The number of aromatic hydroxyl groups is 1. The zero-order valence-electron chi connectivity index (χ0n) is 15.4. The molecule has 2 aromatic carbocycles. The molecule has 0 aromatic heterocycles. The lowest BCUT2D eigenvalue weighted by molar-refractivity contribution is -0.386. The summed E-state index contributed by atoms with van der Waals surface area (Å²) in [6.07, 6.45) is 1.01. The number of amides is 4. The molecule has 1 aliphatic rings. The van der Waals surface area contributed by atoms with Crippen LogP contribution in [0, 0.1) is 15.9 Å². The van der Waals surface area contributed by atoms with Gasteiger partial charge in [0.05, 0.1) is 17.2 Å². The van der Waals surface area contributed by atoms with Crippen molar-refractivity contribution in [2.45, 2.75) is 6.92 Å². The Balaban J connectivity index is 2.09. The highest BCUT2D eigenvalue weighted by molar-refractivity contribution is 6.39. The molecule has 0 spiro atoms. The first-order valence-electron chi connectivity index (χ1n) is 8.54. The van der Waals surface area contributed by atoms with Crippen LogP contribution in [0.5, 0.6) is 11.5 Å². The van der Waals surface area contributed by atoms with Crippen molar-refractivity contribution in [3.05, 3.63) is 63.5 Å². The van der Waals surface area contributed by atoms with E-state index in [2.05, 4.69) is 0 Å². The molecule has 0 atom stereocenters. The van der Waals surface area contributed by atoms with Gasteiger partial charge in [0, 0.05) is 6.07 Å². The second kappa shape index (κ2) is 7.99. The number of nitro benzene ring substituents is 1. The van der Waals surface area contributed by atoms with Gasteiger partial charge in [-0.25, -0.2) is 14.1 Å². The number of carbonyl (C=O) groups is 3. The number of nitrogens with one attached hydrogen (secondary N) is 1. The van der Waals surface area contributed by atoms with Gasteiger partial charge in [0.1, 0.15) is 11.4 Å². The van der Waals surface area contributed by atoms with Gasteiger partial charge >= 0.3 is 11.7 Å². The van der Waals surface area contributed by atoms with Gasteiger partial charge in [-0.1, -0.05) is 6.07 Å². The van der Waals surface area contributed by atoms with E-state index >= 15 is 0 Å². The lowest BCUT2D eigenvalue weighted by atomic mass is 10.1. The number of hydrogen-bond donors (Lipinski definition) is 2. The summed E-state index contributed by atoms with van der Waals surface area (Å²) in [5.74, 6) is -3.72. The molecule has 10 nitrogen and oxygen atoms in total. The van der Waals surface area contributed by atoms with Gasteiger partial charge in [0.15, 0.2) is 5.75 Å². The third-order valence-corrected chi connectivity index (χ3v) is 4.05. The Kier molecular flexibility index (Phi) is 5.45. The number of hydrogen-bond acceptors (Lipinski definition) is 7. The fraction of sp³-hybridized carbons (Fsp3) is 0.105. The van der Waals surface area contributed by atoms with Crippen molar-refractivity contribution >= 4 is 35.3 Å². The number of barbiturate groups is 1. The largest absolute Gasteiger partial charge is 0.500 e. The van der Waals surface area contributed by atoms with Gasteiger partial charge in [0.25, 0.3) is 11.8 Å². The van der Waals surface area contributed by atoms with E-state index in [1.807, 2.05) is 5.32 Å². The number of benzene rings is 2. The first-order chi connectivity index (χ1) is 14.2. The summed E-state index contributed by atoms with van der Waals surface area (Å²) in [7, 11) is 0. The van der Waals surface area contributed by atoms with Gasteiger partial charge in [-0.3, -0.25) is 25.0 Å². The van der Waals surface area contributed by atoms with Crippen LogP contribution in [0.15, 0.2) is 42.0 Å². The number of phenolic OH excluding ortho intramolecular Hbond substituents is 1. The maximum absolute atomic E-state index is 13.5. The molecule has 0 saturated carbocycles. The Morgan fingerprint density at radius 1 is 1.27 bits per heavy atom. The van der Waals surface area contributed by atoms with Crippen LogP contribution in [0.4, 0.5) is 20.6 Å². The monoisotopic (exact) mass is 415 g/mol. The molecule has 2 N–H and O–H groups in total. The Bertz CT molecular complexity index is 1110. The molecule has 1 heterocycles. The summed E-state index contributed by atoms with van der Waals surface area (Å²) < 4.78 is 18.7. The summed E-state index contributed by atoms with van der Waals surface area (Å²) in [6.45, 7) is 1.68. The Morgan fingerprint density at radius 2 is 2.00 bits per heavy atom. The number of nitro groups is 1. The van der Waals surface area contributed by atoms with E-state index < -0.39 is 45.6 Å². The van der Waals surface area contributed by atoms with E-state index in [1.54, 1.807) is 6.92 Å². The highest BCUT2D eigenvalue weighted by Gasteiger charge is 2.37. The van der Waals surface area contributed by atoms with Crippen LogP contribution in [0.25, 0.3) is 6.08 Å². The van der Waals surface area contributed by atoms with Crippen LogP contribution in [0.2, 0.25) is 0 Å². The van der Waals surface area contributed by atoms with E-state index in [1.165, 1.54) is 18.2 Å². The predicted octanol–water partition coefficient (Wildman–Crippen LogP) is 2.50. The zero-order valence-corrected chi connectivity index (χ0v) is 15.4. The summed E-state index contributed by atoms with van der Waals surface area (Å²) in [5, 5.41) is 23.1. The van der Waals surface area contributed by atoms with Crippen molar-refractivity contribution in [1.29, 1.82) is 0 Å². The second-order valence-corrected chi connectivity index (χ2v) is 6.01. The lowest BCUT2D eigenvalue weighted by Gasteiger charge is -2.26. The molecule has 1 fully saturated rings. The Hall–Kier alpha value is -4.28. The molecule has 2 aromatic rings. The second-order valence-electron chi connectivity index (χ2n) is 6.01. The van der Waals surface area contributed by atoms with E-state index in [0.717, 1.165) is 24.3 Å². The van der Waals surface area contributed by atoms with Crippen LogP contribution in [0.3, 0.4) is 0 Å². The highest BCUT2D eigenvalue weighted by Crippen LogP contribution is 2.38. The number of urea groups is 1. The third kappa shape index (κ3) is 3.81. The normalized spacial score (nSPS) is 15.3. The minimum atomic E-state index is -1.07. The SMILES string of the molecule is CCOc1cc(/C=C2\C(=O)NC(=O)N(c3cccc(F)c3)C2=O)cc([N+](=O)[O-])c1O. The summed E-state index contributed by atoms with van der Waals surface area (Å²) in [4.78, 5) is 48.1. The summed E-state index contributed by atoms with van der Waals surface area (Å²) in [5.41, 5.74) is -1.34. The molecule has 0 aliphatic carbocycles. The van der Waals surface area contributed by atoms with Crippen molar-refractivity contribution in [3.63, 3.8) is 0 Å². The standard InChI is InChI=1S/C19H14FN3O7/c1-2-30-15-8-10(7-14(16(15)24)23(28)29)6-13-17(25)21-19(27)22(18(13)26)12-5-3-4-11(20)9-12/h3-9,24H,2H2,1H3,(H,21,25,27)/b13-6+. The average molecular weight is 415 g/mol. The van der Waals surface area contributed by atoms with Crippen LogP contribution in [-0.2, 0) is 9.59 Å². The van der Waals surface area contributed by atoms with Crippen molar-refractivity contribution in [2.24, 2.45) is 0 Å². The van der Waals surface area contributed by atoms with Crippen molar-refractivity contribution in [2.75, 3.05) is 11.5 Å². The van der Waals surface area contributed by atoms with Gasteiger partial charge in [-0.05, 0) is 42.8 Å². The molecular weight excluding hydrogens is 401 g/mol. The number of nitrogens with zero attached hydrogens (tertiary/aromatic N) is 2. The fourth-order valence-electron chi connectivity index (χ4n) is 2.78. The van der Waals surface area contributed by atoms with E-state index in [9.17, 15) is 34.0 Å². The average Bonchev–Trinajstić information content (AvgIpc) is 2.67. The molecule has 1 aliphatic heterocycles. The molecule has 0 unspecified atom stereocenters. The van der Waals surface area contributed by atoms with Crippen molar-refractivity contribution in [3.8, 4) is 11.5 Å². The predicted molar refractivity (Wildman–Crippen MR) is 101 cm³/mol. The van der Waals surface area contributed by atoms with Gasteiger partial charge < -0.3 is 9.84 Å². The molecule has 3 rings (SSSR count). The van der Waals surface area contributed by atoms with E-state index in [-0.39, 0.29) is 23.6 Å². The lowest BCUT2D eigenvalue weighted by Crippen LogP contribution is -2.54. The maximum atomic E-state index is 13.5. The molecule has 1 saturated heterocycles. The summed E-state index contributed by atoms with van der Waals surface area (Å²) >= 11 is 0. The molecule has 0 bridgehead atoms. The molecule has 154 valence electrons. The van der Waals surface area contributed by atoms with Gasteiger partial charge in [-0.15, -0.1) is 0 Å². The first kappa shape index (κ1) is 20.5. The van der Waals surface area contributed by atoms with Crippen LogP contribution in [0.1, 0.15) is 12.5 Å². The Morgan fingerprint density at radius 3 is 2.63 bits per heavy atom. The highest BCUT2D eigenvalue weighted by atomic mass is 19.1. The molecule has 4 amide bonds. The number of carbonyl (C=O) groups excluding carboxylic acids is 3. The molecule has 0 radical (unpaired) electrons. The smallest absolute Gasteiger partial charge is 0.335 e. The number of imide groups is 2. The van der Waals surface area contributed by atoms with Crippen LogP contribution >= 0.6 is 0 Å². The minimum absolute atomic E-state index is 0.00464. The quantitative estimate of drug-likeness (QED) is 0.331. The van der Waals surface area contributed by atoms with Crippen LogP contribution < -0.4 is 15.0 Å². The molecule has 30 heavy (non-hydrogen) atoms. The summed E-state index contributed by atoms with van der Waals surface area (Å²) in [6, 6.07) is 5.69. The number of phenols is 1. The number of rotatable bonds is 5. The number of anilines is 1. The van der Waals surface area contributed by atoms with E-state index in [0.29, 0.717) is 4.90 Å². The topological polar surface area (TPSA) is 139 Å². The maximum Gasteiger partial charge on any atom is 0.335 e. The molecular formula is C19H14FN3O7. The number of halogens is 1. The minimum Gasteiger partial charge on any atom is -0.500 e. The van der Waals surface area contributed by atoms with Crippen molar-refractivity contribution < 1.29 is 33.5 Å².